The molecule has 0 spiro atoms. The highest BCUT2D eigenvalue weighted by atomic mass is 32.1. The summed E-state index contributed by atoms with van der Waals surface area (Å²) < 4.78 is 0. The van der Waals surface area contributed by atoms with E-state index in [1.54, 1.807) is 17.5 Å². The Balaban J connectivity index is 1.93. The van der Waals surface area contributed by atoms with Gasteiger partial charge in [-0.3, -0.25) is 4.98 Å². The van der Waals surface area contributed by atoms with Crippen LogP contribution in [0, 0.1) is 0 Å². The van der Waals surface area contributed by atoms with Crippen LogP contribution in [0.5, 0.6) is 0 Å². The van der Waals surface area contributed by atoms with E-state index in [1.165, 1.54) is 0 Å². The van der Waals surface area contributed by atoms with Gasteiger partial charge in [0, 0.05) is 23.8 Å². The zero-order valence-corrected chi connectivity index (χ0v) is 12.0. The molecule has 0 saturated carbocycles. The van der Waals surface area contributed by atoms with Crippen molar-refractivity contribution >= 4 is 22.2 Å². The van der Waals surface area contributed by atoms with E-state index in [9.17, 15) is 0 Å². The lowest BCUT2D eigenvalue weighted by Crippen LogP contribution is -2.15. The average Bonchev–Trinajstić information content (AvgIpc) is 3.00. The van der Waals surface area contributed by atoms with E-state index in [1.807, 2.05) is 36.4 Å². The number of hydrogen-bond donors (Lipinski definition) is 0. The molecule has 0 unspecified atom stereocenters. The van der Waals surface area contributed by atoms with Crippen molar-refractivity contribution in [2.45, 2.75) is 6.92 Å². The maximum atomic E-state index is 4.71. The van der Waals surface area contributed by atoms with Gasteiger partial charge < -0.3 is 4.90 Å². The number of para-hydroxylation sites is 1. The van der Waals surface area contributed by atoms with Gasteiger partial charge in [-0.2, -0.15) is 0 Å². The van der Waals surface area contributed by atoms with Crippen LogP contribution in [0.1, 0.15) is 6.92 Å². The summed E-state index contributed by atoms with van der Waals surface area (Å²) in [4.78, 5) is 11.3. The molecule has 2 heterocycles. The summed E-state index contributed by atoms with van der Waals surface area (Å²) in [7, 11) is 0. The maximum absolute atomic E-state index is 4.71. The molecule has 0 amide bonds. The fraction of sp³-hybridized carbons (Fsp3) is 0.125. The van der Waals surface area contributed by atoms with Crippen LogP contribution in [0.25, 0.3) is 11.4 Å². The first-order valence-corrected chi connectivity index (χ1v) is 7.46. The highest BCUT2D eigenvalue weighted by molar-refractivity contribution is 7.14. The van der Waals surface area contributed by atoms with E-state index < -0.39 is 0 Å². The third-order valence-corrected chi connectivity index (χ3v) is 3.90. The Labute approximate surface area is 122 Å². The molecule has 20 heavy (non-hydrogen) atoms. The van der Waals surface area contributed by atoms with E-state index in [0.717, 1.165) is 28.8 Å². The number of rotatable bonds is 4. The van der Waals surface area contributed by atoms with Crippen molar-refractivity contribution in [2.75, 3.05) is 11.4 Å². The van der Waals surface area contributed by atoms with Crippen LogP contribution in [-0.4, -0.2) is 16.5 Å². The molecule has 0 fully saturated rings. The van der Waals surface area contributed by atoms with Gasteiger partial charge in [-0.05, 0) is 31.2 Å². The standard InChI is InChI=1S/C16H15N3S/c1-2-19(13-8-4-3-5-9-13)16-18-15(12-20-16)14-10-6-7-11-17-14/h3-12H,2H2,1H3. The molecule has 0 aliphatic rings. The van der Waals surface area contributed by atoms with Gasteiger partial charge in [-0.1, -0.05) is 24.3 Å². The second-order valence-electron chi connectivity index (χ2n) is 4.31. The first-order chi connectivity index (χ1) is 9.88. The lowest BCUT2D eigenvalue weighted by Gasteiger charge is -2.19. The molecule has 0 atom stereocenters. The van der Waals surface area contributed by atoms with Crippen LogP contribution in [0.15, 0.2) is 60.1 Å². The van der Waals surface area contributed by atoms with Crippen LogP contribution in [-0.2, 0) is 0 Å². The highest BCUT2D eigenvalue weighted by Gasteiger charge is 2.12. The summed E-state index contributed by atoms with van der Waals surface area (Å²) in [5.41, 5.74) is 3.01. The van der Waals surface area contributed by atoms with Crippen LogP contribution in [0.4, 0.5) is 10.8 Å². The molecular weight excluding hydrogens is 266 g/mol. The van der Waals surface area contributed by atoms with Crippen LogP contribution >= 0.6 is 11.3 Å². The zero-order valence-electron chi connectivity index (χ0n) is 11.2. The lowest BCUT2D eigenvalue weighted by molar-refractivity contribution is 1.01. The molecule has 0 saturated heterocycles. The first-order valence-electron chi connectivity index (χ1n) is 6.58. The van der Waals surface area contributed by atoms with E-state index in [0.29, 0.717) is 0 Å². The Morgan fingerprint density at radius 3 is 2.50 bits per heavy atom. The van der Waals surface area contributed by atoms with Gasteiger partial charge in [0.15, 0.2) is 5.13 Å². The Morgan fingerprint density at radius 2 is 1.80 bits per heavy atom. The number of nitrogens with zero attached hydrogens (tertiary/aromatic N) is 3. The summed E-state index contributed by atoms with van der Waals surface area (Å²) in [6, 6.07) is 16.2. The zero-order chi connectivity index (χ0) is 13.8. The van der Waals surface area contributed by atoms with E-state index in [2.05, 4.69) is 34.3 Å². The summed E-state index contributed by atoms with van der Waals surface area (Å²) in [6.45, 7) is 3.02. The van der Waals surface area contributed by atoms with Gasteiger partial charge in [0.1, 0.15) is 5.69 Å². The van der Waals surface area contributed by atoms with Gasteiger partial charge >= 0.3 is 0 Å². The largest absolute Gasteiger partial charge is 0.318 e. The molecule has 1 aromatic carbocycles. The smallest absolute Gasteiger partial charge is 0.190 e. The number of thiazole rings is 1. The molecule has 0 aliphatic carbocycles. The second-order valence-corrected chi connectivity index (χ2v) is 5.15. The van der Waals surface area contributed by atoms with Crippen molar-refractivity contribution in [3.63, 3.8) is 0 Å². The molecule has 4 heteroatoms. The Morgan fingerprint density at radius 1 is 1.00 bits per heavy atom. The van der Waals surface area contributed by atoms with Crippen molar-refractivity contribution in [1.82, 2.24) is 9.97 Å². The first kappa shape index (κ1) is 12.8. The summed E-state index contributed by atoms with van der Waals surface area (Å²) >= 11 is 1.65. The number of anilines is 2. The van der Waals surface area contributed by atoms with Gasteiger partial charge in [-0.25, -0.2) is 4.98 Å². The van der Waals surface area contributed by atoms with Crippen molar-refractivity contribution in [3.8, 4) is 11.4 Å². The molecule has 100 valence electrons. The molecule has 0 aliphatic heterocycles. The minimum absolute atomic E-state index is 0.888. The van der Waals surface area contributed by atoms with Crippen molar-refractivity contribution in [1.29, 1.82) is 0 Å². The fourth-order valence-corrected chi connectivity index (χ4v) is 2.96. The molecular formula is C16H15N3S. The fourth-order valence-electron chi connectivity index (χ4n) is 2.06. The van der Waals surface area contributed by atoms with Gasteiger partial charge in [0.2, 0.25) is 0 Å². The predicted molar refractivity (Wildman–Crippen MR) is 84.5 cm³/mol. The monoisotopic (exact) mass is 281 g/mol. The molecule has 0 bridgehead atoms. The maximum Gasteiger partial charge on any atom is 0.190 e. The van der Waals surface area contributed by atoms with Crippen molar-refractivity contribution in [2.24, 2.45) is 0 Å². The molecule has 0 N–H and O–H groups in total. The Kier molecular flexibility index (Phi) is 3.74. The summed E-state index contributed by atoms with van der Waals surface area (Å²) in [5.74, 6) is 0. The topological polar surface area (TPSA) is 29.0 Å². The quantitative estimate of drug-likeness (QED) is 0.711. The number of aromatic nitrogens is 2. The SMILES string of the molecule is CCN(c1ccccc1)c1nc(-c2ccccn2)cs1. The highest BCUT2D eigenvalue weighted by Crippen LogP contribution is 2.30. The van der Waals surface area contributed by atoms with Crippen LogP contribution in [0.3, 0.4) is 0 Å². The third kappa shape index (κ3) is 2.56. The molecule has 0 radical (unpaired) electrons. The van der Waals surface area contributed by atoms with Gasteiger partial charge in [0.05, 0.1) is 5.69 Å². The number of benzene rings is 1. The van der Waals surface area contributed by atoms with E-state index in [4.69, 9.17) is 4.98 Å². The molecule has 3 rings (SSSR count). The normalized spacial score (nSPS) is 10.4. The Hall–Kier alpha value is -2.20. The molecule has 2 aromatic heterocycles. The number of hydrogen-bond acceptors (Lipinski definition) is 4. The minimum atomic E-state index is 0.888. The van der Waals surface area contributed by atoms with Crippen molar-refractivity contribution in [3.05, 3.63) is 60.1 Å². The van der Waals surface area contributed by atoms with Gasteiger partial charge in [0.25, 0.3) is 0 Å². The Bertz CT molecular complexity index is 664. The number of pyridine rings is 1. The summed E-state index contributed by atoms with van der Waals surface area (Å²) in [6.07, 6.45) is 1.79. The third-order valence-electron chi connectivity index (χ3n) is 3.03. The average molecular weight is 281 g/mol. The molecule has 3 aromatic rings. The van der Waals surface area contributed by atoms with Gasteiger partial charge in [-0.15, -0.1) is 11.3 Å². The lowest BCUT2D eigenvalue weighted by atomic mass is 10.3. The van der Waals surface area contributed by atoms with E-state index >= 15 is 0 Å². The van der Waals surface area contributed by atoms with Crippen LogP contribution < -0.4 is 4.90 Å². The van der Waals surface area contributed by atoms with Crippen LogP contribution in [0.2, 0.25) is 0 Å². The minimum Gasteiger partial charge on any atom is -0.318 e. The summed E-state index contributed by atoms with van der Waals surface area (Å²) in [5, 5.41) is 3.06. The molecule has 3 nitrogen and oxygen atoms in total. The second kappa shape index (κ2) is 5.84. The predicted octanol–water partition coefficient (Wildman–Crippen LogP) is 4.36. The van der Waals surface area contributed by atoms with Crippen molar-refractivity contribution < 1.29 is 0 Å². The van der Waals surface area contributed by atoms with E-state index in [-0.39, 0.29) is 0 Å².